The number of nitrogens with one attached hydrogen (secondary N) is 2. The molecule has 0 bridgehead atoms. The first-order valence-corrected chi connectivity index (χ1v) is 7.34. The molecule has 0 saturated carbocycles. The summed E-state index contributed by atoms with van der Waals surface area (Å²) >= 11 is 0. The van der Waals surface area contributed by atoms with Gasteiger partial charge >= 0.3 is 0 Å². The van der Waals surface area contributed by atoms with Crippen LogP contribution in [0.15, 0.2) is 41.0 Å². The minimum Gasteiger partial charge on any atom is -0.459 e. The number of furan rings is 1. The van der Waals surface area contributed by atoms with E-state index in [1.807, 2.05) is 0 Å². The molecule has 0 aliphatic heterocycles. The minimum atomic E-state index is -0.523. The maximum absolute atomic E-state index is 11.9. The fourth-order valence-corrected chi connectivity index (χ4v) is 2.01. The molecule has 2 rings (SSSR count). The Balaban J connectivity index is 1.70. The number of non-ortho nitro benzene ring substituents is 1. The van der Waals surface area contributed by atoms with Gasteiger partial charge in [-0.3, -0.25) is 19.7 Å². The van der Waals surface area contributed by atoms with Gasteiger partial charge in [-0.1, -0.05) is 0 Å². The molecule has 0 fully saturated rings. The molecular weight excluding hydrogens is 314 g/mol. The fraction of sp³-hybridized carbons (Fsp3) is 0.250. The van der Waals surface area contributed by atoms with Crippen molar-refractivity contribution in [2.24, 2.45) is 0 Å². The van der Waals surface area contributed by atoms with Crippen molar-refractivity contribution in [1.29, 1.82) is 0 Å². The van der Waals surface area contributed by atoms with Crippen LogP contribution in [0.25, 0.3) is 0 Å². The molecule has 1 aromatic heterocycles. The zero-order chi connectivity index (χ0) is 17.5. The first-order chi connectivity index (χ1) is 11.5. The third-order valence-electron chi connectivity index (χ3n) is 3.33. The summed E-state index contributed by atoms with van der Waals surface area (Å²) in [5.74, 6) is -0.331. The summed E-state index contributed by atoms with van der Waals surface area (Å²) < 4.78 is 5.08. The Morgan fingerprint density at radius 3 is 2.25 bits per heavy atom. The molecule has 0 atom stereocenters. The van der Waals surface area contributed by atoms with E-state index in [9.17, 15) is 19.7 Å². The van der Waals surface area contributed by atoms with Crippen LogP contribution in [0.3, 0.4) is 0 Å². The Morgan fingerprint density at radius 2 is 1.71 bits per heavy atom. The molecule has 8 heteroatoms. The van der Waals surface area contributed by atoms with E-state index >= 15 is 0 Å². The number of benzene rings is 1. The van der Waals surface area contributed by atoms with Gasteiger partial charge in [0.25, 0.3) is 17.5 Å². The Hall–Kier alpha value is -3.16. The molecule has 0 aliphatic rings. The van der Waals surface area contributed by atoms with Crippen LogP contribution in [0.2, 0.25) is 0 Å². The first-order valence-electron chi connectivity index (χ1n) is 7.34. The highest BCUT2D eigenvalue weighted by Crippen LogP contribution is 2.11. The molecule has 2 amide bonds. The van der Waals surface area contributed by atoms with Crippen LogP contribution in [0.1, 0.15) is 32.9 Å². The van der Waals surface area contributed by atoms with Crippen LogP contribution < -0.4 is 10.6 Å². The van der Waals surface area contributed by atoms with Gasteiger partial charge in [-0.05, 0) is 31.5 Å². The lowest BCUT2D eigenvalue weighted by Gasteiger charge is -2.06. The van der Waals surface area contributed by atoms with Gasteiger partial charge < -0.3 is 15.1 Å². The van der Waals surface area contributed by atoms with Crippen molar-refractivity contribution in [3.05, 3.63) is 63.6 Å². The van der Waals surface area contributed by atoms with Crippen LogP contribution in [-0.2, 0) is 0 Å². The summed E-state index contributed by atoms with van der Waals surface area (Å²) in [5.41, 5.74) is 1.04. The van der Waals surface area contributed by atoms with Gasteiger partial charge in [0.15, 0.2) is 5.76 Å². The topological polar surface area (TPSA) is 114 Å². The molecular formula is C16H17N3O5. The highest BCUT2D eigenvalue weighted by molar-refractivity contribution is 5.94. The molecule has 2 aromatic rings. The lowest BCUT2D eigenvalue weighted by molar-refractivity contribution is -0.384. The molecule has 0 saturated heterocycles. The van der Waals surface area contributed by atoms with Crippen molar-refractivity contribution in [3.63, 3.8) is 0 Å². The number of nitro groups is 1. The maximum Gasteiger partial charge on any atom is 0.287 e. The Bertz CT molecular complexity index is 736. The second-order valence-electron chi connectivity index (χ2n) is 5.10. The highest BCUT2D eigenvalue weighted by Gasteiger charge is 2.12. The SMILES string of the molecule is Cc1ccoc1C(=O)NCCCNC(=O)c1ccc([N+](=O)[O-])cc1. The molecule has 1 heterocycles. The largest absolute Gasteiger partial charge is 0.459 e. The number of hydrogen-bond donors (Lipinski definition) is 2. The summed E-state index contributed by atoms with van der Waals surface area (Å²) in [7, 11) is 0. The number of nitro benzene ring substituents is 1. The number of nitrogens with zero attached hydrogens (tertiary/aromatic N) is 1. The number of rotatable bonds is 7. The highest BCUT2D eigenvalue weighted by atomic mass is 16.6. The summed E-state index contributed by atoms with van der Waals surface area (Å²) in [6.07, 6.45) is 2.00. The number of carbonyl (C=O) groups excluding carboxylic acids is 2. The first kappa shape index (κ1) is 17.2. The van der Waals surface area contributed by atoms with Gasteiger partial charge in [-0.15, -0.1) is 0 Å². The number of aryl methyl sites for hydroxylation is 1. The predicted octanol–water partition coefficient (Wildman–Crippen LogP) is 2.05. The van der Waals surface area contributed by atoms with Gasteiger partial charge in [0, 0.05) is 36.3 Å². The fourth-order valence-electron chi connectivity index (χ4n) is 2.01. The summed E-state index contributed by atoms with van der Waals surface area (Å²) in [6.45, 7) is 2.54. The summed E-state index contributed by atoms with van der Waals surface area (Å²) in [6, 6.07) is 7.06. The molecule has 0 aliphatic carbocycles. The molecule has 0 spiro atoms. The molecule has 0 radical (unpaired) electrons. The van der Waals surface area contributed by atoms with E-state index in [-0.39, 0.29) is 23.3 Å². The summed E-state index contributed by atoms with van der Waals surface area (Å²) in [5, 5.41) is 15.9. The molecule has 24 heavy (non-hydrogen) atoms. The van der Waals surface area contributed by atoms with Crippen LogP contribution >= 0.6 is 0 Å². The molecule has 8 nitrogen and oxygen atoms in total. The lowest BCUT2D eigenvalue weighted by Crippen LogP contribution is -2.30. The van der Waals surface area contributed by atoms with Crippen molar-refractivity contribution in [1.82, 2.24) is 10.6 Å². The van der Waals surface area contributed by atoms with E-state index in [0.717, 1.165) is 5.56 Å². The van der Waals surface area contributed by atoms with Crippen molar-refractivity contribution in [3.8, 4) is 0 Å². The van der Waals surface area contributed by atoms with Crippen molar-refractivity contribution in [2.75, 3.05) is 13.1 Å². The lowest BCUT2D eigenvalue weighted by atomic mass is 10.2. The zero-order valence-corrected chi connectivity index (χ0v) is 13.1. The second kappa shape index (κ2) is 7.91. The third-order valence-corrected chi connectivity index (χ3v) is 3.33. The molecule has 1 aromatic carbocycles. The molecule has 2 N–H and O–H groups in total. The van der Waals surface area contributed by atoms with E-state index in [0.29, 0.717) is 25.1 Å². The van der Waals surface area contributed by atoms with E-state index in [4.69, 9.17) is 4.42 Å². The van der Waals surface area contributed by atoms with Crippen LogP contribution in [0.4, 0.5) is 5.69 Å². The molecule has 0 unspecified atom stereocenters. The average Bonchev–Trinajstić information content (AvgIpc) is 3.00. The van der Waals surface area contributed by atoms with Gasteiger partial charge in [0.2, 0.25) is 0 Å². The zero-order valence-electron chi connectivity index (χ0n) is 13.1. The summed E-state index contributed by atoms with van der Waals surface area (Å²) in [4.78, 5) is 33.7. The van der Waals surface area contributed by atoms with Crippen LogP contribution in [0, 0.1) is 17.0 Å². The van der Waals surface area contributed by atoms with E-state index in [1.54, 1.807) is 13.0 Å². The van der Waals surface area contributed by atoms with Gasteiger partial charge in [-0.2, -0.15) is 0 Å². The Kier molecular flexibility index (Phi) is 5.67. The quantitative estimate of drug-likeness (QED) is 0.458. The van der Waals surface area contributed by atoms with Gasteiger partial charge in [0.1, 0.15) is 0 Å². The van der Waals surface area contributed by atoms with E-state index < -0.39 is 4.92 Å². The molecule has 126 valence electrons. The second-order valence-corrected chi connectivity index (χ2v) is 5.10. The standard InChI is InChI=1S/C16H17N3O5/c1-11-7-10-24-14(11)16(21)18-9-2-8-17-15(20)12-3-5-13(6-4-12)19(22)23/h3-7,10H,2,8-9H2,1H3,(H,17,20)(H,18,21). The van der Waals surface area contributed by atoms with Crippen molar-refractivity contribution in [2.45, 2.75) is 13.3 Å². The minimum absolute atomic E-state index is 0.0671. The van der Waals surface area contributed by atoms with E-state index in [1.165, 1.54) is 30.5 Å². The number of carbonyl (C=O) groups is 2. The smallest absolute Gasteiger partial charge is 0.287 e. The normalized spacial score (nSPS) is 10.2. The number of amides is 2. The van der Waals surface area contributed by atoms with Crippen LogP contribution in [-0.4, -0.2) is 29.8 Å². The average molecular weight is 331 g/mol. The monoisotopic (exact) mass is 331 g/mol. The third kappa shape index (κ3) is 4.42. The Morgan fingerprint density at radius 1 is 1.08 bits per heavy atom. The Labute approximate surface area is 138 Å². The van der Waals surface area contributed by atoms with E-state index in [2.05, 4.69) is 10.6 Å². The van der Waals surface area contributed by atoms with Gasteiger partial charge in [0.05, 0.1) is 11.2 Å². The van der Waals surface area contributed by atoms with Crippen molar-refractivity contribution < 1.29 is 18.9 Å². The van der Waals surface area contributed by atoms with Crippen molar-refractivity contribution >= 4 is 17.5 Å². The van der Waals surface area contributed by atoms with Gasteiger partial charge in [-0.25, -0.2) is 0 Å². The maximum atomic E-state index is 11.9. The van der Waals surface area contributed by atoms with Crippen LogP contribution in [0.5, 0.6) is 0 Å². The predicted molar refractivity (Wildman–Crippen MR) is 85.8 cm³/mol. The number of hydrogen-bond acceptors (Lipinski definition) is 5.